The zero-order valence-electron chi connectivity index (χ0n) is 21.3. The van der Waals surface area contributed by atoms with E-state index in [2.05, 4.69) is 16.4 Å². The Bertz CT molecular complexity index is 1630. The van der Waals surface area contributed by atoms with E-state index in [9.17, 15) is 10.1 Å². The van der Waals surface area contributed by atoms with Crippen molar-refractivity contribution in [2.45, 2.75) is 17.2 Å². The van der Waals surface area contributed by atoms with Crippen molar-refractivity contribution in [1.82, 2.24) is 9.97 Å². The quantitative estimate of drug-likeness (QED) is 0.202. The van der Waals surface area contributed by atoms with Gasteiger partial charge in [0.2, 0.25) is 5.91 Å². The smallest absolute Gasteiger partial charge is 0.239 e. The topological polar surface area (TPSA) is 87.9 Å². The minimum atomic E-state index is -0.525. The minimum absolute atomic E-state index is 0.212. The molecule has 0 aliphatic heterocycles. The Hall–Kier alpha value is -4.45. The monoisotopic (exact) mass is 548 g/mol. The van der Waals surface area contributed by atoms with E-state index in [1.807, 2.05) is 96.4 Å². The van der Waals surface area contributed by atoms with Crippen LogP contribution in [0.4, 0.5) is 5.13 Å². The molecule has 2 aromatic heterocycles. The number of thioether (sulfide) groups is 1. The number of hydrogen-bond donors (Lipinski definition) is 1. The average Bonchev–Trinajstić information content (AvgIpc) is 3.46. The molecule has 39 heavy (non-hydrogen) atoms. The lowest BCUT2D eigenvalue weighted by molar-refractivity contribution is -0.115. The van der Waals surface area contributed by atoms with Crippen LogP contribution in [-0.4, -0.2) is 28.2 Å². The number of anilines is 1. The fourth-order valence-corrected chi connectivity index (χ4v) is 5.62. The molecule has 0 radical (unpaired) electrons. The molecular weight excluding hydrogens is 525 g/mol. The molecule has 1 atom stereocenters. The highest BCUT2D eigenvalue weighted by Crippen LogP contribution is 2.36. The summed E-state index contributed by atoms with van der Waals surface area (Å²) in [5.41, 5.74) is 5.48. The summed E-state index contributed by atoms with van der Waals surface area (Å²) in [7, 11) is 1.62. The van der Waals surface area contributed by atoms with Crippen LogP contribution in [0.3, 0.4) is 0 Å². The molecule has 3 aromatic carbocycles. The summed E-state index contributed by atoms with van der Waals surface area (Å²) >= 11 is 2.63. The molecular formula is C31H24N4O2S2. The predicted octanol–water partition coefficient (Wildman–Crippen LogP) is 7.54. The van der Waals surface area contributed by atoms with Gasteiger partial charge >= 0.3 is 0 Å². The molecule has 5 aromatic rings. The maximum Gasteiger partial charge on any atom is 0.239 e. The highest BCUT2D eigenvalue weighted by molar-refractivity contribution is 8.00. The van der Waals surface area contributed by atoms with Crippen molar-refractivity contribution in [2.24, 2.45) is 0 Å². The van der Waals surface area contributed by atoms with Crippen molar-refractivity contribution in [2.75, 3.05) is 12.4 Å². The number of amides is 1. The molecule has 1 amide bonds. The van der Waals surface area contributed by atoms with Gasteiger partial charge in [-0.2, -0.15) is 5.26 Å². The molecule has 0 saturated heterocycles. The number of carbonyl (C=O) groups is 1. The van der Waals surface area contributed by atoms with Gasteiger partial charge in [-0.05, 0) is 30.7 Å². The summed E-state index contributed by atoms with van der Waals surface area (Å²) in [5.74, 6) is 0.517. The zero-order chi connectivity index (χ0) is 27.2. The van der Waals surface area contributed by atoms with Crippen LogP contribution in [0.2, 0.25) is 0 Å². The highest BCUT2D eigenvalue weighted by atomic mass is 32.2. The SMILES string of the molecule is COc1ccc(-c2cc(-c3ccccc3)nc(SC(C)C(=O)Nc3nc(-c4ccccc4)cs3)c2C#N)cc1. The van der Waals surface area contributed by atoms with E-state index in [1.165, 1.54) is 23.1 Å². The van der Waals surface area contributed by atoms with Gasteiger partial charge in [0, 0.05) is 22.1 Å². The number of thiazole rings is 1. The third-order valence-electron chi connectivity index (χ3n) is 6.03. The number of hydrogen-bond acceptors (Lipinski definition) is 7. The molecule has 192 valence electrons. The molecule has 0 aliphatic carbocycles. The summed E-state index contributed by atoms with van der Waals surface area (Å²) in [6.07, 6.45) is 0. The summed E-state index contributed by atoms with van der Waals surface area (Å²) in [6, 6.07) is 31.4. The van der Waals surface area contributed by atoms with E-state index in [-0.39, 0.29) is 5.91 Å². The number of nitriles is 1. The first-order valence-electron chi connectivity index (χ1n) is 12.2. The lowest BCUT2D eigenvalue weighted by Gasteiger charge is -2.15. The lowest BCUT2D eigenvalue weighted by Crippen LogP contribution is -2.22. The first-order valence-corrected chi connectivity index (χ1v) is 13.9. The van der Waals surface area contributed by atoms with Crippen LogP contribution in [0.25, 0.3) is 33.6 Å². The van der Waals surface area contributed by atoms with Crippen molar-refractivity contribution in [3.63, 3.8) is 0 Å². The van der Waals surface area contributed by atoms with Gasteiger partial charge in [0.25, 0.3) is 0 Å². The molecule has 0 saturated carbocycles. The van der Waals surface area contributed by atoms with E-state index in [1.54, 1.807) is 14.0 Å². The lowest BCUT2D eigenvalue weighted by atomic mass is 9.99. The normalized spacial score (nSPS) is 11.4. The van der Waals surface area contributed by atoms with Gasteiger partial charge in [0.15, 0.2) is 5.13 Å². The molecule has 6 nitrogen and oxygen atoms in total. The van der Waals surface area contributed by atoms with Gasteiger partial charge in [-0.1, -0.05) is 84.6 Å². The largest absolute Gasteiger partial charge is 0.497 e. The molecule has 1 unspecified atom stereocenters. The number of rotatable bonds is 8. The van der Waals surface area contributed by atoms with Crippen LogP contribution in [-0.2, 0) is 4.79 Å². The van der Waals surface area contributed by atoms with Crippen LogP contribution in [0, 0.1) is 11.3 Å². The van der Waals surface area contributed by atoms with Gasteiger partial charge in [-0.3, -0.25) is 4.79 Å². The molecule has 2 heterocycles. The Balaban J connectivity index is 1.44. The predicted molar refractivity (Wildman–Crippen MR) is 158 cm³/mol. The third-order valence-corrected chi connectivity index (χ3v) is 7.87. The Labute approximate surface area is 235 Å². The minimum Gasteiger partial charge on any atom is -0.497 e. The first kappa shape index (κ1) is 26.2. The summed E-state index contributed by atoms with van der Waals surface area (Å²) < 4.78 is 5.30. The Morgan fingerprint density at radius 3 is 2.18 bits per heavy atom. The van der Waals surface area contributed by atoms with Gasteiger partial charge in [0.05, 0.1) is 29.3 Å². The maximum absolute atomic E-state index is 13.2. The number of benzene rings is 3. The maximum atomic E-state index is 13.2. The van der Waals surface area contributed by atoms with E-state index >= 15 is 0 Å². The van der Waals surface area contributed by atoms with Crippen molar-refractivity contribution in [3.05, 3.63) is 102 Å². The Morgan fingerprint density at radius 1 is 0.923 bits per heavy atom. The van der Waals surface area contributed by atoms with E-state index < -0.39 is 5.25 Å². The Morgan fingerprint density at radius 2 is 1.56 bits per heavy atom. The number of carbonyl (C=O) groups excluding carboxylic acids is 1. The fraction of sp³-hybridized carbons (Fsp3) is 0.0968. The number of nitrogens with one attached hydrogen (secondary N) is 1. The third kappa shape index (κ3) is 6.01. The number of aromatic nitrogens is 2. The van der Waals surface area contributed by atoms with Crippen LogP contribution in [0.15, 0.2) is 101 Å². The molecule has 0 fully saturated rings. The van der Waals surface area contributed by atoms with Gasteiger partial charge in [-0.15, -0.1) is 11.3 Å². The van der Waals surface area contributed by atoms with Gasteiger partial charge in [-0.25, -0.2) is 9.97 Å². The van der Waals surface area contributed by atoms with Crippen LogP contribution < -0.4 is 10.1 Å². The van der Waals surface area contributed by atoms with Crippen molar-refractivity contribution >= 4 is 34.1 Å². The summed E-state index contributed by atoms with van der Waals surface area (Å²) in [5, 5.41) is 15.5. The number of ether oxygens (including phenoxy) is 1. The van der Waals surface area contributed by atoms with Crippen molar-refractivity contribution < 1.29 is 9.53 Å². The molecule has 0 aliphatic rings. The second kappa shape index (κ2) is 11.9. The standard InChI is InChI=1S/C31H24N4O2S2/c1-20(29(36)35-31-34-28(19-38-31)23-11-7-4-8-12-23)39-30-26(18-32)25(21-13-15-24(37-2)16-14-21)17-27(33-30)22-9-5-3-6-10-22/h3-17,19-20H,1-2H3,(H,34,35,36). The van der Waals surface area contributed by atoms with Gasteiger partial charge < -0.3 is 10.1 Å². The molecule has 0 spiro atoms. The Kier molecular flexibility index (Phi) is 8.02. The van der Waals surface area contributed by atoms with Gasteiger partial charge in [0.1, 0.15) is 16.8 Å². The number of pyridine rings is 1. The summed E-state index contributed by atoms with van der Waals surface area (Å²) in [6.45, 7) is 1.80. The average molecular weight is 549 g/mol. The number of methoxy groups -OCH3 is 1. The first-order chi connectivity index (χ1) is 19.1. The second-order valence-corrected chi connectivity index (χ2v) is 10.8. The van der Waals surface area contributed by atoms with Crippen molar-refractivity contribution in [1.29, 1.82) is 5.26 Å². The second-order valence-electron chi connectivity index (χ2n) is 8.59. The van der Waals surface area contributed by atoms with Crippen molar-refractivity contribution in [3.8, 4) is 45.5 Å². The van der Waals surface area contributed by atoms with E-state index in [0.717, 1.165) is 39.4 Å². The van der Waals surface area contributed by atoms with Crippen LogP contribution in [0.1, 0.15) is 12.5 Å². The summed E-state index contributed by atoms with van der Waals surface area (Å²) in [4.78, 5) is 22.5. The molecule has 5 rings (SSSR count). The van der Waals surface area contributed by atoms with Crippen LogP contribution >= 0.6 is 23.1 Å². The van der Waals surface area contributed by atoms with Crippen LogP contribution in [0.5, 0.6) is 5.75 Å². The zero-order valence-corrected chi connectivity index (χ0v) is 22.9. The molecule has 1 N–H and O–H groups in total. The van der Waals surface area contributed by atoms with E-state index in [0.29, 0.717) is 15.7 Å². The van der Waals surface area contributed by atoms with E-state index in [4.69, 9.17) is 9.72 Å². The highest BCUT2D eigenvalue weighted by Gasteiger charge is 2.22. The molecule has 8 heteroatoms. The molecule has 0 bridgehead atoms. The fourth-order valence-electron chi connectivity index (χ4n) is 3.97. The number of nitrogens with zero attached hydrogens (tertiary/aromatic N) is 3.